The number of nitrogens with one attached hydrogen (secondary N) is 2. The summed E-state index contributed by atoms with van der Waals surface area (Å²) in [5.74, 6) is -1.74. The number of esters is 1. The molecule has 0 saturated heterocycles. The molecule has 0 bridgehead atoms. The Morgan fingerprint density at radius 3 is 2.44 bits per heavy atom. The molecule has 0 heterocycles. The van der Waals surface area contributed by atoms with Gasteiger partial charge < -0.3 is 14.8 Å². The van der Waals surface area contributed by atoms with E-state index in [-0.39, 0.29) is 11.3 Å². The molecule has 162 valence electrons. The van der Waals surface area contributed by atoms with Gasteiger partial charge in [-0.15, -0.1) is 0 Å². The van der Waals surface area contributed by atoms with Crippen LogP contribution in [0.4, 0.5) is 5.69 Å². The summed E-state index contributed by atoms with van der Waals surface area (Å²) < 4.78 is 10.5. The minimum Gasteiger partial charge on any atom is -0.496 e. The number of hydrazone groups is 1. The number of nitrogens with zero attached hydrogens (tertiary/aromatic N) is 1. The Morgan fingerprint density at radius 2 is 1.69 bits per heavy atom. The lowest BCUT2D eigenvalue weighted by molar-refractivity contribution is -0.136. The molecule has 0 aliphatic carbocycles. The number of rotatable bonds is 6. The number of methoxy groups -OCH3 is 1. The second kappa shape index (κ2) is 10.7. The highest BCUT2D eigenvalue weighted by atomic mass is 35.5. The summed E-state index contributed by atoms with van der Waals surface area (Å²) in [5, 5.41) is 6.69. The first-order chi connectivity index (χ1) is 15.5. The standard InChI is InChI=1S/C23H18ClN3O5/c1-31-20-8-3-2-7-19(20)23(30)32-18-6-4-5-15(13-18)14-25-27-22(29)21(28)26-17-11-9-16(24)10-12-17/h2-14H,1H3,(H,26,28)(H,27,29)/b25-14+. The van der Waals surface area contributed by atoms with Gasteiger partial charge in [0.15, 0.2) is 0 Å². The van der Waals surface area contributed by atoms with Crippen molar-refractivity contribution in [3.63, 3.8) is 0 Å². The van der Waals surface area contributed by atoms with Crippen molar-refractivity contribution >= 4 is 41.3 Å². The van der Waals surface area contributed by atoms with Crippen molar-refractivity contribution in [2.75, 3.05) is 12.4 Å². The van der Waals surface area contributed by atoms with Gasteiger partial charge in [-0.05, 0) is 54.1 Å². The van der Waals surface area contributed by atoms with E-state index >= 15 is 0 Å². The van der Waals surface area contributed by atoms with Crippen molar-refractivity contribution < 1.29 is 23.9 Å². The Labute approximate surface area is 188 Å². The molecule has 8 nitrogen and oxygen atoms in total. The first kappa shape index (κ1) is 22.5. The van der Waals surface area contributed by atoms with E-state index in [1.165, 1.54) is 13.3 Å². The van der Waals surface area contributed by atoms with Crippen LogP contribution >= 0.6 is 11.6 Å². The number of benzene rings is 3. The zero-order chi connectivity index (χ0) is 22.9. The first-order valence-electron chi connectivity index (χ1n) is 9.31. The van der Waals surface area contributed by atoms with E-state index in [0.29, 0.717) is 22.0 Å². The van der Waals surface area contributed by atoms with Crippen molar-refractivity contribution in [2.45, 2.75) is 0 Å². The molecule has 3 rings (SSSR count). The largest absolute Gasteiger partial charge is 0.496 e. The van der Waals surface area contributed by atoms with Gasteiger partial charge in [0.2, 0.25) is 0 Å². The molecular weight excluding hydrogens is 434 g/mol. The van der Waals surface area contributed by atoms with Gasteiger partial charge in [-0.3, -0.25) is 9.59 Å². The highest BCUT2D eigenvalue weighted by Gasteiger charge is 2.14. The molecule has 3 aromatic carbocycles. The van der Waals surface area contributed by atoms with Gasteiger partial charge in [0, 0.05) is 10.7 Å². The number of hydrogen-bond acceptors (Lipinski definition) is 6. The number of amides is 2. The third kappa shape index (κ3) is 6.16. The zero-order valence-electron chi connectivity index (χ0n) is 16.9. The molecule has 0 aromatic heterocycles. The summed E-state index contributed by atoms with van der Waals surface area (Å²) in [5.41, 5.74) is 3.37. The molecule has 3 aromatic rings. The van der Waals surface area contributed by atoms with Crippen LogP contribution in [0.5, 0.6) is 11.5 Å². The van der Waals surface area contributed by atoms with Gasteiger partial charge in [-0.2, -0.15) is 5.10 Å². The second-order valence-electron chi connectivity index (χ2n) is 6.32. The van der Waals surface area contributed by atoms with Crippen molar-refractivity contribution in [3.05, 3.63) is 88.9 Å². The Balaban J connectivity index is 1.58. The average Bonchev–Trinajstić information content (AvgIpc) is 2.80. The van der Waals surface area contributed by atoms with Crippen molar-refractivity contribution in [1.29, 1.82) is 0 Å². The molecule has 0 saturated carbocycles. The summed E-state index contributed by atoms with van der Waals surface area (Å²) in [6.07, 6.45) is 1.31. The molecule has 0 aliphatic heterocycles. The number of halogens is 1. The number of anilines is 1. The van der Waals surface area contributed by atoms with E-state index in [2.05, 4.69) is 15.8 Å². The van der Waals surface area contributed by atoms with Crippen molar-refractivity contribution in [3.8, 4) is 11.5 Å². The SMILES string of the molecule is COc1ccccc1C(=O)Oc1cccc(/C=N/NC(=O)C(=O)Nc2ccc(Cl)cc2)c1. The van der Waals surface area contributed by atoms with Crippen LogP contribution in [0.15, 0.2) is 77.9 Å². The number of carbonyl (C=O) groups excluding carboxylic acids is 3. The van der Waals surface area contributed by atoms with Crippen LogP contribution in [0.3, 0.4) is 0 Å². The lowest BCUT2D eigenvalue weighted by Gasteiger charge is -2.08. The highest BCUT2D eigenvalue weighted by molar-refractivity contribution is 6.39. The fraction of sp³-hybridized carbons (Fsp3) is 0.0435. The zero-order valence-corrected chi connectivity index (χ0v) is 17.6. The van der Waals surface area contributed by atoms with Gasteiger partial charge in [0.05, 0.1) is 13.3 Å². The second-order valence-corrected chi connectivity index (χ2v) is 6.76. The number of ether oxygens (including phenoxy) is 2. The van der Waals surface area contributed by atoms with Crippen LogP contribution in [-0.2, 0) is 9.59 Å². The van der Waals surface area contributed by atoms with E-state index in [1.54, 1.807) is 72.8 Å². The summed E-state index contributed by atoms with van der Waals surface area (Å²) in [6.45, 7) is 0. The summed E-state index contributed by atoms with van der Waals surface area (Å²) in [4.78, 5) is 36.2. The lowest BCUT2D eigenvalue weighted by atomic mass is 10.2. The molecule has 0 fully saturated rings. The van der Waals surface area contributed by atoms with Crippen LogP contribution < -0.4 is 20.2 Å². The number of para-hydroxylation sites is 1. The molecule has 0 unspecified atom stereocenters. The predicted octanol–water partition coefficient (Wildman–Crippen LogP) is 3.66. The van der Waals surface area contributed by atoms with E-state index in [0.717, 1.165) is 0 Å². The van der Waals surface area contributed by atoms with Crippen LogP contribution in [0.2, 0.25) is 5.02 Å². The maximum absolute atomic E-state index is 12.4. The molecule has 0 aliphatic rings. The normalized spacial score (nSPS) is 10.4. The molecule has 2 N–H and O–H groups in total. The number of carbonyl (C=O) groups is 3. The average molecular weight is 452 g/mol. The molecule has 32 heavy (non-hydrogen) atoms. The minimum absolute atomic E-state index is 0.275. The smallest absolute Gasteiger partial charge is 0.347 e. The van der Waals surface area contributed by atoms with E-state index in [4.69, 9.17) is 21.1 Å². The molecule has 0 radical (unpaired) electrons. The van der Waals surface area contributed by atoms with Gasteiger partial charge in [0.25, 0.3) is 0 Å². The van der Waals surface area contributed by atoms with Gasteiger partial charge in [0.1, 0.15) is 17.1 Å². The molecule has 9 heteroatoms. The number of hydrogen-bond donors (Lipinski definition) is 2. The summed E-state index contributed by atoms with van der Waals surface area (Å²) in [6, 6.07) is 19.5. The Bertz CT molecular complexity index is 1160. The molecule has 2 amide bonds. The van der Waals surface area contributed by atoms with Crippen molar-refractivity contribution in [2.24, 2.45) is 5.10 Å². The van der Waals surface area contributed by atoms with E-state index < -0.39 is 17.8 Å². The van der Waals surface area contributed by atoms with Crippen LogP contribution in [0.25, 0.3) is 0 Å². The Morgan fingerprint density at radius 1 is 0.938 bits per heavy atom. The topological polar surface area (TPSA) is 106 Å². The quantitative estimate of drug-likeness (QED) is 0.195. The van der Waals surface area contributed by atoms with Gasteiger partial charge in [-0.25, -0.2) is 10.2 Å². The van der Waals surface area contributed by atoms with Crippen LogP contribution in [-0.4, -0.2) is 31.1 Å². The molecule has 0 atom stereocenters. The maximum Gasteiger partial charge on any atom is 0.347 e. The predicted molar refractivity (Wildman–Crippen MR) is 120 cm³/mol. The minimum atomic E-state index is -0.949. The third-order valence-electron chi connectivity index (χ3n) is 4.08. The first-order valence-corrected chi connectivity index (χ1v) is 9.69. The fourth-order valence-corrected chi connectivity index (χ4v) is 2.70. The summed E-state index contributed by atoms with van der Waals surface area (Å²) >= 11 is 5.78. The van der Waals surface area contributed by atoms with Gasteiger partial charge in [-0.1, -0.05) is 35.9 Å². The Hall–Kier alpha value is -4.17. The highest BCUT2D eigenvalue weighted by Crippen LogP contribution is 2.20. The fourth-order valence-electron chi connectivity index (χ4n) is 2.57. The van der Waals surface area contributed by atoms with E-state index in [9.17, 15) is 14.4 Å². The Kier molecular flexibility index (Phi) is 7.55. The molecule has 0 spiro atoms. The maximum atomic E-state index is 12.4. The van der Waals surface area contributed by atoms with Crippen molar-refractivity contribution in [1.82, 2.24) is 5.43 Å². The lowest BCUT2D eigenvalue weighted by Crippen LogP contribution is -2.32. The van der Waals surface area contributed by atoms with Crippen LogP contribution in [0, 0.1) is 0 Å². The van der Waals surface area contributed by atoms with Gasteiger partial charge >= 0.3 is 17.8 Å². The van der Waals surface area contributed by atoms with E-state index in [1.807, 2.05) is 0 Å². The van der Waals surface area contributed by atoms with Crippen LogP contribution in [0.1, 0.15) is 15.9 Å². The molecular formula is C23H18ClN3O5. The third-order valence-corrected chi connectivity index (χ3v) is 4.34. The summed E-state index contributed by atoms with van der Waals surface area (Å²) in [7, 11) is 1.47. The monoisotopic (exact) mass is 451 g/mol.